The molecule has 1 N–H and O–H groups in total. The van der Waals surface area contributed by atoms with Crippen molar-refractivity contribution in [3.63, 3.8) is 0 Å². The number of ether oxygens (including phenoxy) is 1. The smallest absolute Gasteiger partial charge is 0.366 e. The van der Waals surface area contributed by atoms with E-state index < -0.39 is 4.92 Å². The van der Waals surface area contributed by atoms with E-state index in [9.17, 15) is 14.9 Å². The number of allylic oxidation sites excluding steroid dienone is 1. The molecule has 8 nitrogen and oxygen atoms in total. The van der Waals surface area contributed by atoms with E-state index in [0.717, 1.165) is 43.6 Å². The van der Waals surface area contributed by atoms with Gasteiger partial charge in [-0.05, 0) is 50.7 Å². The largest absolute Gasteiger partial charge is 0.489 e. The zero-order chi connectivity index (χ0) is 20.1. The Bertz CT molecular complexity index is 793. The normalized spacial score (nSPS) is 16.7. The van der Waals surface area contributed by atoms with Gasteiger partial charge in [0.1, 0.15) is 5.56 Å². The Morgan fingerprint density at radius 2 is 2.14 bits per heavy atom. The molecule has 2 aliphatic rings. The molecule has 1 saturated heterocycles. The summed E-state index contributed by atoms with van der Waals surface area (Å²) in [7, 11) is 1.33. The number of nitro groups is 1. The number of hydrazine groups is 1. The summed E-state index contributed by atoms with van der Waals surface area (Å²) in [5.41, 5.74) is 1.66. The van der Waals surface area contributed by atoms with Crippen LogP contribution in [0.3, 0.4) is 0 Å². The minimum absolute atomic E-state index is 0.00923. The van der Waals surface area contributed by atoms with Crippen LogP contribution in [-0.4, -0.2) is 52.7 Å². The summed E-state index contributed by atoms with van der Waals surface area (Å²) in [6, 6.07) is 0. The van der Waals surface area contributed by atoms with E-state index in [1.54, 1.807) is 10.0 Å². The van der Waals surface area contributed by atoms with E-state index in [1.807, 2.05) is 0 Å². The Hall–Kier alpha value is -2.20. The molecule has 10 heteroatoms. The van der Waals surface area contributed by atoms with Crippen molar-refractivity contribution in [2.75, 3.05) is 26.7 Å². The van der Waals surface area contributed by atoms with Gasteiger partial charge in [0.25, 0.3) is 5.91 Å². The van der Waals surface area contributed by atoms with E-state index in [4.69, 9.17) is 17.0 Å². The highest BCUT2D eigenvalue weighted by molar-refractivity contribution is 7.80. The molecule has 0 saturated carbocycles. The Labute approximate surface area is 173 Å². The quantitative estimate of drug-likeness (QED) is 0.324. The van der Waals surface area contributed by atoms with Crippen molar-refractivity contribution >= 4 is 39.6 Å². The number of thiophene rings is 1. The minimum atomic E-state index is -0.534. The zero-order valence-electron chi connectivity index (χ0n) is 15.8. The number of amides is 1. The summed E-state index contributed by atoms with van der Waals surface area (Å²) in [6.45, 7) is 1.88. The van der Waals surface area contributed by atoms with Crippen molar-refractivity contribution in [1.29, 1.82) is 0 Å². The number of rotatable bonds is 6. The highest BCUT2D eigenvalue weighted by Crippen LogP contribution is 2.38. The zero-order valence-corrected chi connectivity index (χ0v) is 17.4. The molecular weight excluding hydrogens is 400 g/mol. The van der Waals surface area contributed by atoms with Gasteiger partial charge in [0.05, 0.1) is 12.0 Å². The highest BCUT2D eigenvalue weighted by Gasteiger charge is 2.34. The summed E-state index contributed by atoms with van der Waals surface area (Å²) in [5.74, 6) is -0.326. The third-order valence-corrected chi connectivity index (χ3v) is 6.20. The molecule has 0 spiro atoms. The molecule has 152 valence electrons. The summed E-state index contributed by atoms with van der Waals surface area (Å²) >= 11 is 6.39. The molecule has 1 amide bonds. The Kier molecular flexibility index (Phi) is 6.84. The summed E-state index contributed by atoms with van der Waals surface area (Å²) in [5, 5.41) is 19.5. The molecule has 3 rings (SSSR count). The molecule has 1 aliphatic heterocycles. The SMILES string of the molecule is COc1c(C(=O)N2CCCN2C(=S)NCCC2=CCCCC2)csc1[N+](=O)[O-]. The Balaban J connectivity index is 1.63. The van der Waals surface area contributed by atoms with Gasteiger partial charge in [-0.2, -0.15) is 0 Å². The topological polar surface area (TPSA) is 88.0 Å². The molecule has 1 aliphatic carbocycles. The third-order valence-electron chi connectivity index (χ3n) is 4.94. The lowest BCUT2D eigenvalue weighted by Gasteiger charge is -2.30. The van der Waals surface area contributed by atoms with Gasteiger partial charge in [-0.3, -0.25) is 19.9 Å². The molecule has 2 heterocycles. The third kappa shape index (κ3) is 4.44. The average molecular weight is 425 g/mol. The first-order valence-electron chi connectivity index (χ1n) is 9.38. The van der Waals surface area contributed by atoms with Gasteiger partial charge in [0, 0.05) is 25.0 Å². The van der Waals surface area contributed by atoms with Crippen LogP contribution in [-0.2, 0) is 0 Å². The highest BCUT2D eigenvalue weighted by atomic mass is 32.1. The van der Waals surface area contributed by atoms with Crippen LogP contribution in [0, 0.1) is 10.1 Å². The van der Waals surface area contributed by atoms with Crippen LogP contribution in [0.25, 0.3) is 0 Å². The van der Waals surface area contributed by atoms with Crippen LogP contribution in [0.15, 0.2) is 17.0 Å². The Morgan fingerprint density at radius 3 is 2.82 bits per heavy atom. The van der Waals surface area contributed by atoms with Gasteiger partial charge in [-0.25, -0.2) is 5.01 Å². The number of nitrogens with one attached hydrogen (secondary N) is 1. The van der Waals surface area contributed by atoms with Crippen molar-refractivity contribution in [2.24, 2.45) is 0 Å². The van der Waals surface area contributed by atoms with Gasteiger partial charge < -0.3 is 10.1 Å². The van der Waals surface area contributed by atoms with Crippen LogP contribution in [0.1, 0.15) is 48.9 Å². The standard InChI is InChI=1S/C18H24N4O4S2/c1-26-15-14(12-28-17(15)22(24)25)16(23)20-10-5-11-21(20)18(27)19-9-8-13-6-3-2-4-7-13/h6,12H,2-5,7-11H2,1H3,(H,19,27). The average Bonchev–Trinajstić information content (AvgIpc) is 3.35. The van der Waals surface area contributed by atoms with Crippen LogP contribution >= 0.6 is 23.6 Å². The van der Waals surface area contributed by atoms with Crippen LogP contribution in [0.5, 0.6) is 5.75 Å². The van der Waals surface area contributed by atoms with Crippen LogP contribution in [0.4, 0.5) is 5.00 Å². The molecule has 0 aromatic carbocycles. The molecule has 28 heavy (non-hydrogen) atoms. The van der Waals surface area contributed by atoms with Gasteiger partial charge in [0.15, 0.2) is 5.11 Å². The second-order valence-corrected chi connectivity index (χ2v) is 7.98. The van der Waals surface area contributed by atoms with Crippen LogP contribution < -0.4 is 10.1 Å². The lowest BCUT2D eigenvalue weighted by atomic mass is 9.97. The second-order valence-electron chi connectivity index (χ2n) is 6.74. The summed E-state index contributed by atoms with van der Waals surface area (Å²) in [4.78, 5) is 23.6. The fraction of sp³-hybridized carbons (Fsp3) is 0.556. The van der Waals surface area contributed by atoms with Gasteiger partial charge in [-0.1, -0.05) is 23.0 Å². The first-order chi connectivity index (χ1) is 13.5. The molecule has 0 radical (unpaired) electrons. The molecule has 1 aromatic rings. The number of hydrogen-bond donors (Lipinski definition) is 1. The van der Waals surface area contributed by atoms with Gasteiger partial charge >= 0.3 is 5.00 Å². The molecule has 1 fully saturated rings. The van der Waals surface area contributed by atoms with Crippen molar-refractivity contribution in [3.05, 3.63) is 32.7 Å². The Morgan fingerprint density at radius 1 is 1.36 bits per heavy atom. The molecular formula is C18H24N4O4S2. The van der Waals surface area contributed by atoms with Crippen molar-refractivity contribution < 1.29 is 14.5 Å². The van der Waals surface area contributed by atoms with Crippen LogP contribution in [0.2, 0.25) is 0 Å². The first kappa shape index (κ1) is 20.5. The number of carbonyl (C=O) groups excluding carboxylic acids is 1. The summed E-state index contributed by atoms with van der Waals surface area (Å²) in [6.07, 6.45) is 8.88. The predicted molar refractivity (Wildman–Crippen MR) is 112 cm³/mol. The monoisotopic (exact) mass is 424 g/mol. The van der Waals surface area contributed by atoms with Crippen molar-refractivity contribution in [1.82, 2.24) is 15.3 Å². The van der Waals surface area contributed by atoms with Gasteiger partial charge in [-0.15, -0.1) is 0 Å². The lowest BCUT2D eigenvalue weighted by Crippen LogP contribution is -2.49. The van der Waals surface area contributed by atoms with E-state index in [1.165, 1.54) is 30.9 Å². The minimum Gasteiger partial charge on any atom is -0.489 e. The summed E-state index contributed by atoms with van der Waals surface area (Å²) < 4.78 is 5.13. The maximum absolute atomic E-state index is 13.0. The number of thiocarbonyl (C=S) groups is 1. The van der Waals surface area contributed by atoms with Crippen molar-refractivity contribution in [3.8, 4) is 5.75 Å². The number of nitrogens with zero attached hydrogens (tertiary/aromatic N) is 3. The molecule has 0 unspecified atom stereocenters. The van der Waals surface area contributed by atoms with E-state index in [0.29, 0.717) is 18.2 Å². The van der Waals surface area contributed by atoms with Crippen molar-refractivity contribution in [2.45, 2.75) is 38.5 Å². The molecule has 0 bridgehead atoms. The van der Waals surface area contributed by atoms with E-state index >= 15 is 0 Å². The molecule has 1 aromatic heterocycles. The number of hydrogen-bond acceptors (Lipinski definition) is 6. The second kappa shape index (κ2) is 9.33. The maximum Gasteiger partial charge on any atom is 0.366 e. The van der Waals surface area contributed by atoms with E-state index in [-0.39, 0.29) is 22.2 Å². The lowest BCUT2D eigenvalue weighted by molar-refractivity contribution is -0.381. The van der Waals surface area contributed by atoms with E-state index in [2.05, 4.69) is 11.4 Å². The predicted octanol–water partition coefficient (Wildman–Crippen LogP) is 3.49. The first-order valence-corrected chi connectivity index (χ1v) is 10.7. The fourth-order valence-corrected chi connectivity index (χ4v) is 4.65. The molecule has 0 atom stereocenters. The fourth-order valence-electron chi connectivity index (χ4n) is 3.53. The maximum atomic E-state index is 13.0. The number of methoxy groups -OCH3 is 1. The van der Waals surface area contributed by atoms with Gasteiger partial charge in [0.2, 0.25) is 5.75 Å². The number of carbonyl (C=O) groups is 1.